The summed E-state index contributed by atoms with van der Waals surface area (Å²) in [4.78, 5) is 28.9. The minimum atomic E-state index is -1.15. The lowest BCUT2D eigenvalue weighted by atomic mass is 9.85. The van der Waals surface area contributed by atoms with Crippen LogP contribution in [0, 0.1) is 5.41 Å². The maximum Gasteiger partial charge on any atom is 0.356 e. The molecule has 0 aliphatic carbocycles. The second kappa shape index (κ2) is 6.11. The van der Waals surface area contributed by atoms with Gasteiger partial charge >= 0.3 is 12.0 Å². The third kappa shape index (κ3) is 3.93. The lowest BCUT2D eigenvalue weighted by Crippen LogP contribution is -2.36. The molecule has 1 aromatic rings. The average Bonchev–Trinajstić information content (AvgIpc) is 2.60. The van der Waals surface area contributed by atoms with E-state index in [1.54, 1.807) is 17.0 Å². The van der Waals surface area contributed by atoms with Crippen LogP contribution in [0.5, 0.6) is 0 Å². The Morgan fingerprint density at radius 2 is 2.10 bits per heavy atom. The van der Waals surface area contributed by atoms with Crippen molar-refractivity contribution in [2.24, 2.45) is 5.41 Å². The van der Waals surface area contributed by atoms with E-state index in [0.29, 0.717) is 13.1 Å². The number of nitrogens with one attached hydrogen (secondary N) is 1. The normalized spacial score (nSPS) is 17.9. The van der Waals surface area contributed by atoms with Gasteiger partial charge in [0.25, 0.3) is 0 Å². The first kappa shape index (κ1) is 15.3. The molecule has 1 saturated heterocycles. The summed E-state index contributed by atoms with van der Waals surface area (Å²) >= 11 is 0. The highest BCUT2D eigenvalue weighted by Crippen LogP contribution is 2.30. The molecule has 0 saturated carbocycles. The van der Waals surface area contributed by atoms with Crippen LogP contribution >= 0.6 is 0 Å². The van der Waals surface area contributed by atoms with Crippen LogP contribution in [-0.4, -0.2) is 40.1 Å². The van der Waals surface area contributed by atoms with E-state index in [1.807, 2.05) is 0 Å². The number of pyridine rings is 1. The highest BCUT2D eigenvalue weighted by Gasteiger charge is 2.26. The summed E-state index contributed by atoms with van der Waals surface area (Å²) in [7, 11) is 0. The molecular weight excluding hydrogens is 270 g/mol. The summed E-state index contributed by atoms with van der Waals surface area (Å²) in [5.74, 6) is -1.15. The van der Waals surface area contributed by atoms with Gasteiger partial charge in [0.05, 0.1) is 5.69 Å². The Labute approximate surface area is 124 Å². The molecule has 114 valence electrons. The number of aromatic nitrogens is 1. The van der Waals surface area contributed by atoms with Crippen LogP contribution in [-0.2, 0) is 0 Å². The van der Waals surface area contributed by atoms with Crippen LogP contribution in [0.2, 0.25) is 0 Å². The summed E-state index contributed by atoms with van der Waals surface area (Å²) in [6, 6.07) is 2.90. The van der Waals surface area contributed by atoms with Crippen molar-refractivity contribution >= 4 is 17.7 Å². The Morgan fingerprint density at radius 3 is 2.81 bits per heavy atom. The van der Waals surface area contributed by atoms with Crippen molar-refractivity contribution in [3.63, 3.8) is 0 Å². The van der Waals surface area contributed by atoms with E-state index in [0.717, 1.165) is 19.3 Å². The van der Waals surface area contributed by atoms with E-state index in [-0.39, 0.29) is 22.8 Å². The first-order valence-electron chi connectivity index (χ1n) is 7.13. The van der Waals surface area contributed by atoms with Crippen molar-refractivity contribution in [3.05, 3.63) is 24.0 Å². The molecule has 6 nitrogen and oxygen atoms in total. The second-order valence-corrected chi connectivity index (χ2v) is 6.14. The standard InChI is InChI=1S/C15H21N3O3/c1-15(2)6-4-9-18(10-7-15)14(21)17-11-5-3-8-16-12(11)13(19)20/h3,5,8H,4,6-7,9-10H2,1-2H3,(H,17,21)(H,19,20). The predicted molar refractivity (Wildman–Crippen MR) is 79.4 cm³/mol. The number of urea groups is 1. The maximum absolute atomic E-state index is 12.3. The molecule has 2 amide bonds. The van der Waals surface area contributed by atoms with Gasteiger partial charge in [0.2, 0.25) is 0 Å². The van der Waals surface area contributed by atoms with Crippen molar-refractivity contribution in [2.45, 2.75) is 33.1 Å². The molecule has 1 aliphatic heterocycles. The number of carbonyl (C=O) groups excluding carboxylic acids is 1. The fourth-order valence-electron chi connectivity index (χ4n) is 2.50. The van der Waals surface area contributed by atoms with Crippen LogP contribution in [0.25, 0.3) is 0 Å². The zero-order valence-electron chi connectivity index (χ0n) is 12.4. The van der Waals surface area contributed by atoms with Gasteiger partial charge in [0.1, 0.15) is 0 Å². The molecule has 0 unspecified atom stereocenters. The summed E-state index contributed by atoms with van der Waals surface area (Å²) in [5.41, 5.74) is 0.342. The Bertz CT molecular complexity index is 543. The summed E-state index contributed by atoms with van der Waals surface area (Å²) < 4.78 is 0. The molecule has 0 radical (unpaired) electrons. The molecule has 1 aliphatic rings. The molecule has 1 fully saturated rings. The monoisotopic (exact) mass is 291 g/mol. The Kier molecular flexibility index (Phi) is 4.45. The third-order valence-corrected chi connectivity index (χ3v) is 3.88. The number of carbonyl (C=O) groups is 2. The van der Waals surface area contributed by atoms with Crippen LogP contribution in [0.15, 0.2) is 18.3 Å². The highest BCUT2D eigenvalue weighted by atomic mass is 16.4. The smallest absolute Gasteiger partial charge is 0.356 e. The Hall–Kier alpha value is -2.11. The van der Waals surface area contributed by atoms with Gasteiger partial charge in [-0.25, -0.2) is 14.6 Å². The van der Waals surface area contributed by atoms with E-state index in [2.05, 4.69) is 24.1 Å². The molecule has 0 aromatic carbocycles. The minimum absolute atomic E-state index is 0.138. The summed E-state index contributed by atoms with van der Waals surface area (Å²) in [5, 5.41) is 11.7. The lowest BCUT2D eigenvalue weighted by Gasteiger charge is -2.23. The third-order valence-electron chi connectivity index (χ3n) is 3.88. The lowest BCUT2D eigenvalue weighted by molar-refractivity contribution is 0.0691. The summed E-state index contributed by atoms with van der Waals surface area (Å²) in [6.45, 7) is 5.79. The topological polar surface area (TPSA) is 82.5 Å². The first-order valence-corrected chi connectivity index (χ1v) is 7.13. The maximum atomic E-state index is 12.3. The number of aromatic carboxylic acids is 1. The number of rotatable bonds is 2. The second-order valence-electron chi connectivity index (χ2n) is 6.14. The van der Waals surface area contributed by atoms with E-state index in [1.165, 1.54) is 6.20 Å². The van der Waals surface area contributed by atoms with E-state index in [4.69, 9.17) is 5.11 Å². The number of likely N-dealkylation sites (tertiary alicyclic amines) is 1. The Balaban J connectivity index is 2.06. The van der Waals surface area contributed by atoms with Crippen molar-refractivity contribution < 1.29 is 14.7 Å². The highest BCUT2D eigenvalue weighted by molar-refractivity contribution is 5.98. The van der Waals surface area contributed by atoms with E-state index < -0.39 is 5.97 Å². The number of carboxylic acid groups (broad SMARTS) is 1. The first-order chi connectivity index (χ1) is 9.89. The predicted octanol–water partition coefficient (Wildman–Crippen LogP) is 2.82. The van der Waals surface area contributed by atoms with E-state index in [9.17, 15) is 9.59 Å². The van der Waals surface area contributed by atoms with Gasteiger partial charge in [-0.15, -0.1) is 0 Å². The molecule has 21 heavy (non-hydrogen) atoms. The molecule has 0 bridgehead atoms. The van der Waals surface area contributed by atoms with Gasteiger partial charge in [0.15, 0.2) is 5.69 Å². The number of carboxylic acids is 1. The average molecular weight is 291 g/mol. The number of nitrogens with zero attached hydrogens (tertiary/aromatic N) is 2. The zero-order chi connectivity index (χ0) is 15.5. The van der Waals surface area contributed by atoms with E-state index >= 15 is 0 Å². The van der Waals surface area contributed by atoms with Gasteiger partial charge in [-0.1, -0.05) is 13.8 Å². The van der Waals surface area contributed by atoms with Gasteiger partial charge in [-0.3, -0.25) is 0 Å². The van der Waals surface area contributed by atoms with Crippen LogP contribution < -0.4 is 5.32 Å². The number of anilines is 1. The van der Waals surface area contributed by atoms with Crippen molar-refractivity contribution in [2.75, 3.05) is 18.4 Å². The largest absolute Gasteiger partial charge is 0.476 e. The number of hydrogen-bond donors (Lipinski definition) is 2. The van der Waals surface area contributed by atoms with Crippen molar-refractivity contribution in [1.82, 2.24) is 9.88 Å². The zero-order valence-corrected chi connectivity index (χ0v) is 12.4. The molecule has 0 spiro atoms. The molecule has 0 atom stereocenters. The van der Waals surface area contributed by atoms with Gasteiger partial charge in [0, 0.05) is 19.3 Å². The molecular formula is C15H21N3O3. The Morgan fingerprint density at radius 1 is 1.33 bits per heavy atom. The van der Waals surface area contributed by atoms with Crippen LogP contribution in [0.1, 0.15) is 43.6 Å². The van der Waals surface area contributed by atoms with Crippen LogP contribution in [0.4, 0.5) is 10.5 Å². The SMILES string of the molecule is CC1(C)CCCN(C(=O)Nc2cccnc2C(=O)O)CC1. The summed E-state index contributed by atoms with van der Waals surface area (Å²) in [6.07, 6.45) is 4.39. The van der Waals surface area contributed by atoms with Gasteiger partial charge < -0.3 is 15.3 Å². The number of amides is 2. The van der Waals surface area contributed by atoms with Crippen molar-refractivity contribution in [3.8, 4) is 0 Å². The molecule has 2 N–H and O–H groups in total. The molecule has 1 aromatic heterocycles. The molecule has 6 heteroatoms. The molecule has 2 rings (SSSR count). The number of hydrogen-bond acceptors (Lipinski definition) is 3. The van der Waals surface area contributed by atoms with Crippen LogP contribution in [0.3, 0.4) is 0 Å². The fourth-order valence-corrected chi connectivity index (χ4v) is 2.50. The van der Waals surface area contributed by atoms with Gasteiger partial charge in [-0.2, -0.15) is 0 Å². The van der Waals surface area contributed by atoms with Crippen molar-refractivity contribution in [1.29, 1.82) is 0 Å². The fraction of sp³-hybridized carbons (Fsp3) is 0.533. The minimum Gasteiger partial charge on any atom is -0.476 e. The molecule has 2 heterocycles. The van der Waals surface area contributed by atoms with Gasteiger partial charge in [-0.05, 0) is 36.8 Å². The quantitative estimate of drug-likeness (QED) is 0.877.